The third kappa shape index (κ3) is 2.81. The van der Waals surface area contributed by atoms with Crippen molar-refractivity contribution in [2.24, 2.45) is 7.05 Å². The molecule has 0 bridgehead atoms. The lowest BCUT2D eigenvalue weighted by molar-refractivity contribution is 0.0291. The van der Waals surface area contributed by atoms with Crippen molar-refractivity contribution in [3.63, 3.8) is 0 Å². The van der Waals surface area contributed by atoms with Crippen molar-refractivity contribution in [1.29, 1.82) is 5.26 Å². The second kappa shape index (κ2) is 5.15. The molecule has 1 aromatic rings. The van der Waals surface area contributed by atoms with Crippen LogP contribution in [0.4, 0.5) is 0 Å². The van der Waals surface area contributed by atoms with Crippen LogP contribution in [0.2, 0.25) is 0 Å². The molecule has 0 aliphatic heterocycles. The van der Waals surface area contributed by atoms with Crippen LogP contribution >= 0.6 is 0 Å². The molecule has 0 saturated heterocycles. The smallest absolute Gasteiger partial charge is 0.356 e. The fourth-order valence-corrected chi connectivity index (χ4v) is 1.16. The average Bonchev–Trinajstić information content (AvgIpc) is 2.63. The third-order valence-corrected chi connectivity index (χ3v) is 2.08. The maximum Gasteiger partial charge on any atom is 0.356 e. The lowest BCUT2D eigenvalue weighted by Gasteiger charge is -2.12. The van der Waals surface area contributed by atoms with Gasteiger partial charge in [0.1, 0.15) is 11.8 Å². The van der Waals surface area contributed by atoms with E-state index in [0.717, 1.165) is 0 Å². The molecule has 0 aliphatic carbocycles. The van der Waals surface area contributed by atoms with Crippen molar-refractivity contribution < 1.29 is 9.53 Å². The van der Waals surface area contributed by atoms with Crippen LogP contribution in [0.25, 0.3) is 0 Å². The summed E-state index contributed by atoms with van der Waals surface area (Å²) < 4.78 is 6.59. The zero-order chi connectivity index (χ0) is 11.3. The van der Waals surface area contributed by atoms with Gasteiger partial charge in [0.15, 0.2) is 0 Å². The second-order valence-electron chi connectivity index (χ2n) is 3.14. The van der Waals surface area contributed by atoms with Gasteiger partial charge in [-0.2, -0.15) is 10.4 Å². The number of carbonyl (C=O) groups excluding carboxylic acids is 1. The van der Waals surface area contributed by atoms with Crippen molar-refractivity contribution in [3.8, 4) is 6.07 Å². The first-order valence-corrected chi connectivity index (χ1v) is 4.75. The normalized spacial score (nSPS) is 11.8. The molecule has 1 unspecified atom stereocenters. The first-order chi connectivity index (χ1) is 7.19. The van der Waals surface area contributed by atoms with E-state index in [-0.39, 0.29) is 12.5 Å². The summed E-state index contributed by atoms with van der Waals surface area (Å²) >= 11 is 0. The highest BCUT2D eigenvalue weighted by molar-refractivity contribution is 5.87. The van der Waals surface area contributed by atoms with Gasteiger partial charge in [-0.15, -0.1) is 0 Å². The van der Waals surface area contributed by atoms with E-state index in [0.29, 0.717) is 12.1 Å². The summed E-state index contributed by atoms with van der Waals surface area (Å²) in [7, 11) is 1.67. The Kier molecular flexibility index (Phi) is 3.86. The first kappa shape index (κ1) is 11.2. The molecule has 5 nitrogen and oxygen atoms in total. The van der Waals surface area contributed by atoms with Crippen LogP contribution in [0.3, 0.4) is 0 Å². The molecule has 80 valence electrons. The molecule has 0 amide bonds. The van der Waals surface area contributed by atoms with Gasteiger partial charge in [-0.1, -0.05) is 6.92 Å². The maximum atomic E-state index is 11.6. The number of hydrogen-bond donors (Lipinski definition) is 0. The molecule has 1 aromatic heterocycles. The zero-order valence-electron chi connectivity index (χ0n) is 8.80. The minimum Gasteiger partial charge on any atom is -0.457 e. The van der Waals surface area contributed by atoms with Crippen LogP contribution in [0, 0.1) is 11.3 Å². The standard InChI is InChI=1S/C10H13N3O2/c1-3-8(4-6-11)15-10(14)9-5-7-12-13(9)2/h5,7-8H,3-4H2,1-2H3. The Morgan fingerprint density at radius 1 is 1.80 bits per heavy atom. The topological polar surface area (TPSA) is 67.9 Å². The Morgan fingerprint density at radius 3 is 3.00 bits per heavy atom. The Morgan fingerprint density at radius 2 is 2.53 bits per heavy atom. The van der Waals surface area contributed by atoms with Gasteiger partial charge < -0.3 is 4.74 Å². The number of carbonyl (C=O) groups is 1. The maximum absolute atomic E-state index is 11.6. The Labute approximate surface area is 88.3 Å². The number of ether oxygens (including phenoxy) is 1. The predicted molar refractivity (Wildman–Crippen MR) is 52.9 cm³/mol. The molecular formula is C10H13N3O2. The predicted octanol–water partition coefficient (Wildman–Crippen LogP) is 1.27. The Balaban J connectivity index is 2.63. The van der Waals surface area contributed by atoms with Gasteiger partial charge in [0.05, 0.1) is 12.5 Å². The van der Waals surface area contributed by atoms with Crippen molar-refractivity contribution >= 4 is 5.97 Å². The van der Waals surface area contributed by atoms with E-state index in [1.807, 2.05) is 13.0 Å². The molecule has 1 rings (SSSR count). The Bertz CT molecular complexity index is 378. The van der Waals surface area contributed by atoms with Crippen LogP contribution in [0.1, 0.15) is 30.3 Å². The molecule has 0 aromatic carbocycles. The van der Waals surface area contributed by atoms with E-state index in [9.17, 15) is 4.79 Å². The average molecular weight is 207 g/mol. The lowest BCUT2D eigenvalue weighted by Crippen LogP contribution is -2.19. The van der Waals surface area contributed by atoms with E-state index in [2.05, 4.69) is 5.10 Å². The largest absolute Gasteiger partial charge is 0.457 e. The van der Waals surface area contributed by atoms with Crippen LogP contribution < -0.4 is 0 Å². The van der Waals surface area contributed by atoms with Crippen molar-refractivity contribution in [3.05, 3.63) is 18.0 Å². The number of hydrogen-bond acceptors (Lipinski definition) is 4. The number of aromatic nitrogens is 2. The highest BCUT2D eigenvalue weighted by atomic mass is 16.5. The summed E-state index contributed by atoms with van der Waals surface area (Å²) in [5.74, 6) is -0.433. The molecule has 15 heavy (non-hydrogen) atoms. The molecule has 1 heterocycles. The SMILES string of the molecule is CCC(CC#N)OC(=O)c1ccnn1C. The van der Waals surface area contributed by atoms with Gasteiger partial charge in [0.25, 0.3) is 0 Å². The monoisotopic (exact) mass is 207 g/mol. The lowest BCUT2D eigenvalue weighted by atomic mass is 10.2. The number of rotatable bonds is 4. The summed E-state index contributed by atoms with van der Waals surface area (Å²) in [6, 6.07) is 3.57. The molecule has 0 saturated carbocycles. The van der Waals surface area contributed by atoms with Crippen LogP contribution in [0.5, 0.6) is 0 Å². The van der Waals surface area contributed by atoms with Crippen molar-refractivity contribution in [2.75, 3.05) is 0 Å². The minimum atomic E-state index is -0.433. The molecule has 0 fully saturated rings. The quantitative estimate of drug-likeness (QED) is 0.697. The van der Waals surface area contributed by atoms with Crippen LogP contribution in [-0.2, 0) is 11.8 Å². The van der Waals surface area contributed by atoms with Gasteiger partial charge in [-0.05, 0) is 12.5 Å². The van der Waals surface area contributed by atoms with E-state index in [1.165, 1.54) is 10.9 Å². The number of esters is 1. The highest BCUT2D eigenvalue weighted by Crippen LogP contribution is 2.07. The number of aryl methyl sites for hydroxylation is 1. The molecule has 0 N–H and O–H groups in total. The van der Waals surface area contributed by atoms with E-state index in [1.54, 1.807) is 13.1 Å². The fourth-order valence-electron chi connectivity index (χ4n) is 1.16. The van der Waals surface area contributed by atoms with Gasteiger partial charge in [-0.25, -0.2) is 4.79 Å². The molecule has 0 aliphatic rings. The summed E-state index contributed by atoms with van der Waals surface area (Å²) in [5.41, 5.74) is 0.395. The second-order valence-corrected chi connectivity index (χ2v) is 3.14. The van der Waals surface area contributed by atoms with E-state index < -0.39 is 5.97 Å². The summed E-state index contributed by atoms with van der Waals surface area (Å²) in [6.45, 7) is 1.87. The summed E-state index contributed by atoms with van der Waals surface area (Å²) in [6.07, 6.45) is 2.05. The van der Waals surface area contributed by atoms with Crippen LogP contribution in [-0.4, -0.2) is 21.9 Å². The number of nitriles is 1. The Hall–Kier alpha value is -1.83. The van der Waals surface area contributed by atoms with Gasteiger partial charge in [0, 0.05) is 13.2 Å². The third-order valence-electron chi connectivity index (χ3n) is 2.08. The minimum absolute atomic E-state index is 0.222. The summed E-state index contributed by atoms with van der Waals surface area (Å²) in [5, 5.41) is 12.4. The molecule has 0 radical (unpaired) electrons. The molecule has 0 spiro atoms. The fraction of sp³-hybridized carbons (Fsp3) is 0.500. The first-order valence-electron chi connectivity index (χ1n) is 4.75. The number of nitrogens with zero attached hydrogens (tertiary/aromatic N) is 3. The van der Waals surface area contributed by atoms with Gasteiger partial charge >= 0.3 is 5.97 Å². The van der Waals surface area contributed by atoms with Gasteiger partial charge in [0.2, 0.25) is 0 Å². The summed E-state index contributed by atoms with van der Waals surface area (Å²) in [4.78, 5) is 11.6. The zero-order valence-corrected chi connectivity index (χ0v) is 8.80. The van der Waals surface area contributed by atoms with Crippen molar-refractivity contribution in [2.45, 2.75) is 25.9 Å². The molecule has 5 heteroatoms. The molecular weight excluding hydrogens is 194 g/mol. The van der Waals surface area contributed by atoms with Crippen LogP contribution in [0.15, 0.2) is 12.3 Å². The van der Waals surface area contributed by atoms with Crippen molar-refractivity contribution in [1.82, 2.24) is 9.78 Å². The highest BCUT2D eigenvalue weighted by Gasteiger charge is 2.16. The van der Waals surface area contributed by atoms with E-state index >= 15 is 0 Å². The van der Waals surface area contributed by atoms with Gasteiger partial charge in [-0.3, -0.25) is 4.68 Å². The molecule has 1 atom stereocenters. The van der Waals surface area contributed by atoms with E-state index in [4.69, 9.17) is 10.00 Å².